The number of nitro benzene ring substituents is 1. The van der Waals surface area contributed by atoms with Gasteiger partial charge in [0.15, 0.2) is 5.11 Å². The maximum atomic E-state index is 11.5. The van der Waals surface area contributed by atoms with Gasteiger partial charge in [-0.1, -0.05) is 17.7 Å². The molecule has 152 valence electrons. The van der Waals surface area contributed by atoms with E-state index in [-0.39, 0.29) is 15.7 Å². The minimum absolute atomic E-state index is 0.0281. The van der Waals surface area contributed by atoms with E-state index in [0.29, 0.717) is 42.7 Å². The van der Waals surface area contributed by atoms with Gasteiger partial charge < -0.3 is 20.3 Å². The van der Waals surface area contributed by atoms with Crippen LogP contribution < -0.4 is 15.5 Å². The summed E-state index contributed by atoms with van der Waals surface area (Å²) in [4.78, 5) is 17.2. The van der Waals surface area contributed by atoms with Crippen molar-refractivity contribution in [1.29, 1.82) is 0 Å². The molecule has 0 radical (unpaired) electrons. The molecule has 1 heterocycles. The summed E-state index contributed by atoms with van der Waals surface area (Å²) in [5.74, 6) is 0. The molecule has 10 heteroatoms. The lowest BCUT2D eigenvalue weighted by Crippen LogP contribution is -2.36. The zero-order valence-corrected chi connectivity index (χ0v) is 17.3. The van der Waals surface area contributed by atoms with Crippen LogP contribution in [-0.2, 0) is 4.74 Å². The molecule has 2 N–H and O–H groups in total. The average molecular weight is 434 g/mol. The lowest BCUT2D eigenvalue weighted by Gasteiger charge is -2.28. The standard InChI is InChI=1S/C19H20ClN5O3S/c1-13-2-3-15(10-16(13)20)23-19(29)22-12-21-14-4-5-17(18(11-14)25(26)27)24-6-8-28-9-7-24/h2-5,10-12H,6-9H2,1H3,(H2,21,22,23,29). The number of hydrogen-bond donors (Lipinski definition) is 2. The van der Waals surface area contributed by atoms with Gasteiger partial charge in [-0.2, -0.15) is 0 Å². The fraction of sp³-hybridized carbons (Fsp3) is 0.263. The smallest absolute Gasteiger partial charge is 0.294 e. The first kappa shape index (κ1) is 21.0. The number of nitrogens with one attached hydrogen (secondary N) is 2. The van der Waals surface area contributed by atoms with Crippen LogP contribution in [0, 0.1) is 17.0 Å². The summed E-state index contributed by atoms with van der Waals surface area (Å²) in [6.07, 6.45) is 1.39. The minimum atomic E-state index is -0.388. The summed E-state index contributed by atoms with van der Waals surface area (Å²) >= 11 is 11.3. The second kappa shape index (κ2) is 9.64. The summed E-state index contributed by atoms with van der Waals surface area (Å²) in [5, 5.41) is 18.2. The second-order valence-electron chi connectivity index (χ2n) is 6.36. The highest BCUT2D eigenvalue weighted by Gasteiger charge is 2.21. The van der Waals surface area contributed by atoms with Crippen LogP contribution in [0.4, 0.5) is 22.7 Å². The van der Waals surface area contributed by atoms with Gasteiger partial charge in [-0.05, 0) is 49.0 Å². The van der Waals surface area contributed by atoms with Gasteiger partial charge in [0, 0.05) is 35.6 Å². The first-order valence-corrected chi connectivity index (χ1v) is 9.70. The summed E-state index contributed by atoms with van der Waals surface area (Å²) in [5.41, 5.74) is 2.84. The SMILES string of the molecule is Cc1ccc(NC(=S)N=CNc2ccc(N3CCOCC3)c([N+](=O)[O-])c2)cc1Cl. The molecule has 8 nitrogen and oxygen atoms in total. The Morgan fingerprint density at radius 3 is 2.69 bits per heavy atom. The molecule has 29 heavy (non-hydrogen) atoms. The molecule has 1 saturated heterocycles. The van der Waals surface area contributed by atoms with E-state index in [9.17, 15) is 10.1 Å². The molecule has 0 atom stereocenters. The predicted molar refractivity (Wildman–Crippen MR) is 121 cm³/mol. The fourth-order valence-electron chi connectivity index (χ4n) is 2.82. The average Bonchev–Trinajstić information content (AvgIpc) is 2.71. The Hall–Kier alpha value is -2.75. The number of halogens is 1. The molecule has 0 bridgehead atoms. The molecule has 0 saturated carbocycles. The van der Waals surface area contributed by atoms with Crippen LogP contribution in [0.5, 0.6) is 0 Å². The Balaban J connectivity index is 1.64. The van der Waals surface area contributed by atoms with Gasteiger partial charge >= 0.3 is 0 Å². The number of anilines is 3. The predicted octanol–water partition coefficient (Wildman–Crippen LogP) is 4.23. The maximum Gasteiger partial charge on any atom is 0.294 e. The molecule has 0 unspecified atom stereocenters. The minimum Gasteiger partial charge on any atom is -0.378 e. The molecule has 0 aromatic heterocycles. The van der Waals surface area contributed by atoms with E-state index in [2.05, 4.69) is 15.6 Å². The van der Waals surface area contributed by atoms with E-state index < -0.39 is 0 Å². The zero-order valence-electron chi connectivity index (χ0n) is 15.7. The third-order valence-electron chi connectivity index (χ3n) is 4.36. The number of aryl methyl sites for hydroxylation is 1. The number of nitro groups is 1. The van der Waals surface area contributed by atoms with Gasteiger partial charge in [0.1, 0.15) is 5.69 Å². The van der Waals surface area contributed by atoms with E-state index in [0.717, 1.165) is 11.3 Å². The number of benzene rings is 2. The number of morpholine rings is 1. The van der Waals surface area contributed by atoms with Crippen molar-refractivity contribution in [2.45, 2.75) is 6.92 Å². The Labute approximate surface area is 178 Å². The van der Waals surface area contributed by atoms with Crippen LogP contribution in [0.15, 0.2) is 41.4 Å². The highest BCUT2D eigenvalue weighted by atomic mass is 35.5. The Bertz CT molecular complexity index is 947. The van der Waals surface area contributed by atoms with Gasteiger partial charge in [0.25, 0.3) is 5.69 Å². The summed E-state index contributed by atoms with van der Waals surface area (Å²) in [7, 11) is 0. The van der Waals surface area contributed by atoms with Crippen molar-refractivity contribution >= 4 is 58.0 Å². The molecule has 0 amide bonds. The van der Waals surface area contributed by atoms with Crippen molar-refractivity contribution < 1.29 is 9.66 Å². The Kier molecular flexibility index (Phi) is 6.97. The number of hydrogen-bond acceptors (Lipinski definition) is 5. The number of rotatable bonds is 5. The number of thiocarbonyl (C=S) groups is 1. The Morgan fingerprint density at radius 2 is 2.00 bits per heavy atom. The molecule has 3 rings (SSSR count). The van der Waals surface area contributed by atoms with Gasteiger partial charge in [0.05, 0.1) is 24.5 Å². The second-order valence-corrected chi connectivity index (χ2v) is 7.15. The summed E-state index contributed by atoms with van der Waals surface area (Å²) in [6.45, 7) is 4.27. The molecule has 1 fully saturated rings. The monoisotopic (exact) mass is 433 g/mol. The third-order valence-corrected chi connectivity index (χ3v) is 4.97. The summed E-state index contributed by atoms with van der Waals surface area (Å²) in [6, 6.07) is 10.5. The van der Waals surface area contributed by atoms with Crippen molar-refractivity contribution in [1.82, 2.24) is 0 Å². The third kappa shape index (κ3) is 5.63. The van der Waals surface area contributed by atoms with Crippen LogP contribution in [0.1, 0.15) is 5.56 Å². The number of aliphatic imine (C=N–C) groups is 1. The van der Waals surface area contributed by atoms with Crippen molar-refractivity contribution in [2.24, 2.45) is 4.99 Å². The summed E-state index contributed by atoms with van der Waals surface area (Å²) < 4.78 is 5.31. The molecule has 1 aliphatic heterocycles. The van der Waals surface area contributed by atoms with Gasteiger partial charge in [0.2, 0.25) is 0 Å². The van der Waals surface area contributed by atoms with Crippen LogP contribution in [0.2, 0.25) is 5.02 Å². The van der Waals surface area contributed by atoms with Crippen LogP contribution in [0.3, 0.4) is 0 Å². The first-order chi connectivity index (χ1) is 13.9. The van der Waals surface area contributed by atoms with E-state index in [1.807, 2.05) is 24.0 Å². The molecular formula is C19H20ClN5O3S. The van der Waals surface area contributed by atoms with Crippen molar-refractivity contribution in [3.05, 3.63) is 57.1 Å². The molecule has 0 aliphatic carbocycles. The molecule has 2 aromatic carbocycles. The molecular weight excluding hydrogens is 414 g/mol. The van der Waals surface area contributed by atoms with Crippen LogP contribution in [0.25, 0.3) is 0 Å². The van der Waals surface area contributed by atoms with E-state index in [1.54, 1.807) is 18.2 Å². The highest BCUT2D eigenvalue weighted by molar-refractivity contribution is 7.80. The van der Waals surface area contributed by atoms with Crippen molar-refractivity contribution in [3.63, 3.8) is 0 Å². The lowest BCUT2D eigenvalue weighted by molar-refractivity contribution is -0.384. The Morgan fingerprint density at radius 1 is 1.28 bits per heavy atom. The first-order valence-electron chi connectivity index (χ1n) is 8.91. The topological polar surface area (TPSA) is 92.0 Å². The van der Waals surface area contributed by atoms with Crippen molar-refractivity contribution in [2.75, 3.05) is 41.8 Å². The number of nitrogens with zero attached hydrogens (tertiary/aromatic N) is 3. The zero-order chi connectivity index (χ0) is 20.8. The van der Waals surface area contributed by atoms with Gasteiger partial charge in [-0.25, -0.2) is 4.99 Å². The highest BCUT2D eigenvalue weighted by Crippen LogP contribution is 2.31. The maximum absolute atomic E-state index is 11.5. The molecule has 1 aliphatic rings. The van der Waals surface area contributed by atoms with E-state index in [4.69, 9.17) is 28.6 Å². The van der Waals surface area contributed by atoms with Gasteiger partial charge in [-0.3, -0.25) is 10.1 Å². The fourth-order valence-corrected chi connectivity index (χ4v) is 3.17. The van der Waals surface area contributed by atoms with Crippen LogP contribution in [-0.4, -0.2) is 42.7 Å². The van der Waals surface area contributed by atoms with Gasteiger partial charge in [-0.15, -0.1) is 0 Å². The lowest BCUT2D eigenvalue weighted by atomic mass is 10.2. The number of ether oxygens (including phenoxy) is 1. The van der Waals surface area contributed by atoms with Crippen molar-refractivity contribution in [3.8, 4) is 0 Å². The van der Waals surface area contributed by atoms with E-state index >= 15 is 0 Å². The van der Waals surface area contributed by atoms with E-state index in [1.165, 1.54) is 12.4 Å². The normalized spacial score (nSPS) is 14.1. The molecule has 2 aromatic rings. The quantitative estimate of drug-likeness (QED) is 0.239. The largest absolute Gasteiger partial charge is 0.378 e. The molecule has 0 spiro atoms. The van der Waals surface area contributed by atoms with Crippen LogP contribution >= 0.6 is 23.8 Å².